The number of amides is 2. The Morgan fingerprint density at radius 2 is 1.75 bits per heavy atom. The highest BCUT2D eigenvalue weighted by Gasteiger charge is 1.99. The number of hydrogen-bond donors (Lipinski definition) is 2. The Morgan fingerprint density at radius 3 is 2.25 bits per heavy atom. The third-order valence-corrected chi connectivity index (χ3v) is 1.37. The highest BCUT2D eigenvalue weighted by Crippen LogP contribution is 1.79. The molecule has 0 saturated carbocycles. The van der Waals surface area contributed by atoms with Crippen molar-refractivity contribution in [2.45, 2.75) is 26.7 Å². The average molecular weight is 172 g/mol. The van der Waals surface area contributed by atoms with E-state index in [0.29, 0.717) is 25.9 Å². The summed E-state index contributed by atoms with van der Waals surface area (Å²) in [4.78, 5) is 21.6. The Bertz CT molecular complexity index is 157. The second kappa shape index (κ2) is 6.64. The van der Waals surface area contributed by atoms with Crippen molar-refractivity contribution in [2.75, 3.05) is 13.1 Å². The molecular weight excluding hydrogens is 156 g/mol. The fourth-order valence-electron chi connectivity index (χ4n) is 0.726. The Balaban J connectivity index is 3.30. The van der Waals surface area contributed by atoms with Crippen LogP contribution in [0.4, 0.5) is 0 Å². The fraction of sp³-hybridized carbons (Fsp3) is 0.750. The lowest BCUT2D eigenvalue weighted by molar-refractivity contribution is -0.122. The van der Waals surface area contributed by atoms with Crippen molar-refractivity contribution in [2.24, 2.45) is 0 Å². The lowest BCUT2D eigenvalue weighted by Crippen LogP contribution is -2.30. The summed E-state index contributed by atoms with van der Waals surface area (Å²) in [6.07, 6.45) is 0.828. The maximum absolute atomic E-state index is 10.9. The first-order chi connectivity index (χ1) is 5.70. The molecule has 0 aliphatic heterocycles. The van der Waals surface area contributed by atoms with Crippen LogP contribution in [0.2, 0.25) is 0 Å². The van der Waals surface area contributed by atoms with Crippen LogP contribution in [0.15, 0.2) is 0 Å². The van der Waals surface area contributed by atoms with Gasteiger partial charge >= 0.3 is 0 Å². The molecule has 0 aliphatic carbocycles. The topological polar surface area (TPSA) is 58.2 Å². The van der Waals surface area contributed by atoms with Gasteiger partial charge in [-0.15, -0.1) is 0 Å². The molecule has 4 heteroatoms. The van der Waals surface area contributed by atoms with E-state index in [2.05, 4.69) is 10.6 Å². The zero-order valence-electron chi connectivity index (χ0n) is 7.64. The van der Waals surface area contributed by atoms with Crippen molar-refractivity contribution in [3.63, 3.8) is 0 Å². The van der Waals surface area contributed by atoms with Gasteiger partial charge in [-0.1, -0.05) is 6.92 Å². The minimum Gasteiger partial charge on any atom is -0.356 e. The van der Waals surface area contributed by atoms with Crippen LogP contribution in [0.3, 0.4) is 0 Å². The van der Waals surface area contributed by atoms with E-state index in [4.69, 9.17) is 0 Å². The Labute approximate surface area is 72.7 Å². The third-order valence-electron chi connectivity index (χ3n) is 1.37. The molecular formula is C8H16N2O2. The molecule has 0 saturated heterocycles. The smallest absolute Gasteiger partial charge is 0.221 e. The van der Waals surface area contributed by atoms with E-state index in [1.165, 1.54) is 0 Å². The minimum absolute atomic E-state index is 0.0145. The van der Waals surface area contributed by atoms with Gasteiger partial charge in [-0.3, -0.25) is 9.59 Å². The Kier molecular flexibility index (Phi) is 6.05. The summed E-state index contributed by atoms with van der Waals surface area (Å²) in [5, 5.41) is 5.27. The quantitative estimate of drug-likeness (QED) is 0.615. The first-order valence-electron chi connectivity index (χ1n) is 4.24. The molecule has 2 amide bonds. The van der Waals surface area contributed by atoms with Crippen LogP contribution in [-0.2, 0) is 9.59 Å². The molecule has 0 aromatic carbocycles. The predicted octanol–water partition coefficient (Wildman–Crippen LogP) is 0.0388. The number of rotatable bonds is 5. The first kappa shape index (κ1) is 10.9. The van der Waals surface area contributed by atoms with Crippen LogP contribution < -0.4 is 10.6 Å². The van der Waals surface area contributed by atoms with E-state index in [1.807, 2.05) is 6.92 Å². The van der Waals surface area contributed by atoms with E-state index in [-0.39, 0.29) is 11.8 Å². The van der Waals surface area contributed by atoms with E-state index in [1.54, 1.807) is 6.92 Å². The molecule has 0 rings (SSSR count). The maximum Gasteiger partial charge on any atom is 0.221 e. The van der Waals surface area contributed by atoms with Crippen LogP contribution in [-0.4, -0.2) is 24.9 Å². The molecule has 4 nitrogen and oxygen atoms in total. The monoisotopic (exact) mass is 172 g/mol. The SMILES string of the molecule is CCNC(=O)CCNC(=O)CC. The standard InChI is InChI=1S/C8H16N2O2/c1-3-7(11)10-6-5-8(12)9-4-2/h3-6H2,1-2H3,(H,9,12)(H,10,11). The van der Waals surface area contributed by atoms with Crippen LogP contribution in [0.5, 0.6) is 0 Å². The zero-order chi connectivity index (χ0) is 9.40. The summed E-state index contributed by atoms with van der Waals surface area (Å²) in [6.45, 7) is 4.71. The van der Waals surface area contributed by atoms with Crippen LogP contribution in [0.25, 0.3) is 0 Å². The molecule has 0 aromatic heterocycles. The van der Waals surface area contributed by atoms with E-state index < -0.39 is 0 Å². The van der Waals surface area contributed by atoms with Crippen molar-refractivity contribution < 1.29 is 9.59 Å². The van der Waals surface area contributed by atoms with Crippen LogP contribution >= 0.6 is 0 Å². The second-order valence-corrected chi connectivity index (χ2v) is 2.41. The summed E-state index contributed by atoms with van der Waals surface area (Å²) in [7, 11) is 0. The van der Waals surface area contributed by atoms with Gasteiger partial charge in [0.25, 0.3) is 0 Å². The van der Waals surface area contributed by atoms with Gasteiger partial charge in [-0.05, 0) is 6.92 Å². The summed E-state index contributed by atoms with van der Waals surface area (Å²) in [5.41, 5.74) is 0. The van der Waals surface area contributed by atoms with Gasteiger partial charge in [-0.2, -0.15) is 0 Å². The number of hydrogen-bond acceptors (Lipinski definition) is 2. The van der Waals surface area contributed by atoms with Crippen LogP contribution in [0, 0.1) is 0 Å². The van der Waals surface area contributed by atoms with E-state index >= 15 is 0 Å². The molecule has 0 aliphatic rings. The average Bonchev–Trinajstić information content (AvgIpc) is 2.04. The molecule has 12 heavy (non-hydrogen) atoms. The zero-order valence-corrected chi connectivity index (χ0v) is 7.64. The van der Waals surface area contributed by atoms with Gasteiger partial charge < -0.3 is 10.6 Å². The summed E-state index contributed by atoms with van der Waals surface area (Å²) < 4.78 is 0. The number of nitrogens with one attached hydrogen (secondary N) is 2. The lowest BCUT2D eigenvalue weighted by Gasteiger charge is -2.03. The highest BCUT2D eigenvalue weighted by atomic mass is 16.2. The minimum atomic E-state index is -0.0195. The van der Waals surface area contributed by atoms with Gasteiger partial charge in [-0.25, -0.2) is 0 Å². The van der Waals surface area contributed by atoms with Gasteiger partial charge in [0.1, 0.15) is 0 Å². The lowest BCUT2D eigenvalue weighted by atomic mass is 10.3. The molecule has 0 spiro atoms. The largest absolute Gasteiger partial charge is 0.356 e. The van der Waals surface area contributed by atoms with Crippen molar-refractivity contribution in [3.8, 4) is 0 Å². The summed E-state index contributed by atoms with van der Waals surface area (Å²) >= 11 is 0. The highest BCUT2D eigenvalue weighted by molar-refractivity contribution is 5.78. The maximum atomic E-state index is 10.9. The van der Waals surface area contributed by atoms with Crippen LogP contribution in [0.1, 0.15) is 26.7 Å². The van der Waals surface area contributed by atoms with Gasteiger partial charge in [0.2, 0.25) is 11.8 Å². The molecule has 0 radical (unpaired) electrons. The summed E-state index contributed by atoms with van der Waals surface area (Å²) in [5.74, 6) is -0.0341. The Hall–Kier alpha value is -1.06. The predicted molar refractivity (Wildman–Crippen MR) is 46.6 cm³/mol. The molecule has 0 fully saturated rings. The van der Waals surface area contributed by atoms with Crippen molar-refractivity contribution in [1.82, 2.24) is 10.6 Å². The second-order valence-electron chi connectivity index (χ2n) is 2.41. The number of carbonyl (C=O) groups excluding carboxylic acids is 2. The molecule has 0 unspecified atom stereocenters. The van der Waals surface area contributed by atoms with Gasteiger partial charge in [0.05, 0.1) is 0 Å². The fourth-order valence-corrected chi connectivity index (χ4v) is 0.726. The molecule has 0 heterocycles. The normalized spacial score (nSPS) is 9.17. The first-order valence-corrected chi connectivity index (χ1v) is 4.24. The number of carbonyl (C=O) groups is 2. The van der Waals surface area contributed by atoms with Crippen molar-refractivity contribution in [1.29, 1.82) is 0 Å². The molecule has 2 N–H and O–H groups in total. The molecule has 70 valence electrons. The van der Waals surface area contributed by atoms with Crippen molar-refractivity contribution >= 4 is 11.8 Å². The van der Waals surface area contributed by atoms with E-state index in [0.717, 1.165) is 0 Å². The van der Waals surface area contributed by atoms with Gasteiger partial charge in [0.15, 0.2) is 0 Å². The summed E-state index contributed by atoms with van der Waals surface area (Å²) in [6, 6.07) is 0. The Morgan fingerprint density at radius 1 is 1.08 bits per heavy atom. The molecule has 0 bridgehead atoms. The third kappa shape index (κ3) is 5.70. The van der Waals surface area contributed by atoms with E-state index in [9.17, 15) is 9.59 Å². The van der Waals surface area contributed by atoms with Crippen molar-refractivity contribution in [3.05, 3.63) is 0 Å². The molecule has 0 atom stereocenters. The van der Waals surface area contributed by atoms with Gasteiger partial charge in [0, 0.05) is 25.9 Å². The molecule has 0 aromatic rings.